The molecule has 1 aromatic rings. The molecule has 1 N–H and O–H groups in total. The molecular weight excluding hydrogens is 330 g/mol. The lowest BCUT2D eigenvalue weighted by Gasteiger charge is -2.08. The zero-order valence-electron chi connectivity index (χ0n) is 18.6. The van der Waals surface area contributed by atoms with E-state index in [1.807, 2.05) is 0 Å². The predicted molar refractivity (Wildman–Crippen MR) is 119 cm³/mol. The van der Waals surface area contributed by atoms with Crippen LogP contribution in [0.1, 0.15) is 96.6 Å². The molecule has 0 aliphatic heterocycles. The molecule has 0 saturated carbocycles. The van der Waals surface area contributed by atoms with Crippen molar-refractivity contribution < 1.29 is 4.74 Å². The molecule has 0 aliphatic rings. The molecule has 2 nitrogen and oxygen atoms in total. The van der Waals surface area contributed by atoms with Gasteiger partial charge in [0.05, 0.1) is 6.61 Å². The zero-order valence-corrected chi connectivity index (χ0v) is 18.6. The minimum atomic E-state index is 0.608. The third kappa shape index (κ3) is 14.8. The number of rotatable bonds is 17. The van der Waals surface area contributed by atoms with Gasteiger partial charge in [-0.3, -0.25) is 0 Å². The van der Waals surface area contributed by atoms with Gasteiger partial charge in [0.2, 0.25) is 0 Å². The van der Waals surface area contributed by atoms with Gasteiger partial charge in [-0.05, 0) is 42.9 Å². The summed E-state index contributed by atoms with van der Waals surface area (Å²) in [6.45, 7) is 11.6. The molecule has 2 heteroatoms. The first kappa shape index (κ1) is 24.2. The second-order valence-electron chi connectivity index (χ2n) is 8.77. The number of hydrogen-bond donors (Lipinski definition) is 1. The van der Waals surface area contributed by atoms with Crippen LogP contribution in [-0.2, 0) is 17.8 Å². The van der Waals surface area contributed by atoms with Gasteiger partial charge in [-0.2, -0.15) is 0 Å². The fraction of sp³-hybridized carbons (Fsp3) is 0.760. The fourth-order valence-corrected chi connectivity index (χ4v) is 3.30. The molecule has 0 aliphatic carbocycles. The Labute approximate surface area is 169 Å². The van der Waals surface area contributed by atoms with E-state index >= 15 is 0 Å². The molecule has 0 aromatic heterocycles. The minimum Gasteiger partial charge on any atom is -0.377 e. The summed E-state index contributed by atoms with van der Waals surface area (Å²) in [4.78, 5) is 0. The smallest absolute Gasteiger partial charge is 0.0717 e. The molecule has 0 radical (unpaired) electrons. The summed E-state index contributed by atoms with van der Waals surface area (Å²) in [7, 11) is 0. The van der Waals surface area contributed by atoms with Crippen LogP contribution in [-0.4, -0.2) is 19.2 Å². The third-order valence-corrected chi connectivity index (χ3v) is 4.94. The molecule has 0 spiro atoms. The van der Waals surface area contributed by atoms with Crippen molar-refractivity contribution in [2.24, 2.45) is 5.92 Å². The summed E-state index contributed by atoms with van der Waals surface area (Å²) in [5, 5.41) is 3.49. The van der Waals surface area contributed by atoms with Crippen molar-refractivity contribution in [1.29, 1.82) is 0 Å². The van der Waals surface area contributed by atoms with Crippen LogP contribution >= 0.6 is 0 Å². The van der Waals surface area contributed by atoms with Crippen molar-refractivity contribution in [2.75, 3.05) is 13.2 Å². The van der Waals surface area contributed by atoms with Crippen LogP contribution in [0, 0.1) is 5.92 Å². The van der Waals surface area contributed by atoms with Gasteiger partial charge in [-0.25, -0.2) is 0 Å². The molecule has 0 amide bonds. The first-order chi connectivity index (χ1) is 13.1. The quantitative estimate of drug-likeness (QED) is 0.299. The molecule has 0 bridgehead atoms. The van der Waals surface area contributed by atoms with Crippen molar-refractivity contribution in [3.05, 3.63) is 35.4 Å². The fourth-order valence-electron chi connectivity index (χ4n) is 3.30. The number of hydrogen-bond acceptors (Lipinski definition) is 2. The van der Waals surface area contributed by atoms with E-state index in [4.69, 9.17) is 4.74 Å². The highest BCUT2D eigenvalue weighted by Crippen LogP contribution is 2.13. The topological polar surface area (TPSA) is 21.3 Å². The Kier molecular flexibility index (Phi) is 14.4. The highest BCUT2D eigenvalue weighted by Gasteiger charge is 1.99. The minimum absolute atomic E-state index is 0.608. The van der Waals surface area contributed by atoms with Crippen LogP contribution in [0.5, 0.6) is 0 Å². The standard InChI is InChI=1S/C25H45NO/c1-22(2)20-27-21-25-17-15-24(16-18-25)14-12-10-8-6-5-7-9-11-13-19-26-23(3)4/h15-18,22-23,26H,5-14,19-21H2,1-4H3. The van der Waals surface area contributed by atoms with Gasteiger partial charge in [-0.15, -0.1) is 0 Å². The van der Waals surface area contributed by atoms with Crippen molar-refractivity contribution in [3.8, 4) is 0 Å². The molecule has 0 atom stereocenters. The van der Waals surface area contributed by atoms with Gasteiger partial charge < -0.3 is 10.1 Å². The Bertz CT molecular complexity index is 438. The van der Waals surface area contributed by atoms with E-state index in [1.165, 1.54) is 81.9 Å². The maximum Gasteiger partial charge on any atom is 0.0717 e. The van der Waals surface area contributed by atoms with E-state index in [-0.39, 0.29) is 0 Å². The van der Waals surface area contributed by atoms with Crippen LogP contribution in [0.3, 0.4) is 0 Å². The summed E-state index contributed by atoms with van der Waals surface area (Å²) in [5.74, 6) is 0.608. The molecule has 0 fully saturated rings. The second-order valence-corrected chi connectivity index (χ2v) is 8.77. The van der Waals surface area contributed by atoms with Crippen LogP contribution in [0.2, 0.25) is 0 Å². The summed E-state index contributed by atoms with van der Waals surface area (Å²) in [6, 6.07) is 9.65. The predicted octanol–water partition coefficient (Wildman–Crippen LogP) is 6.91. The Balaban J connectivity index is 1.92. The van der Waals surface area contributed by atoms with Gasteiger partial charge in [-0.1, -0.05) is 96.9 Å². The van der Waals surface area contributed by atoms with E-state index in [0.717, 1.165) is 13.2 Å². The molecule has 1 aromatic carbocycles. The van der Waals surface area contributed by atoms with Gasteiger partial charge in [0.15, 0.2) is 0 Å². The second kappa shape index (κ2) is 16.1. The molecule has 0 heterocycles. The highest BCUT2D eigenvalue weighted by atomic mass is 16.5. The lowest BCUT2D eigenvalue weighted by Crippen LogP contribution is -2.23. The Morgan fingerprint density at radius 3 is 1.78 bits per heavy atom. The SMILES string of the molecule is CC(C)COCc1ccc(CCCCCCCCCCCNC(C)C)cc1. The van der Waals surface area contributed by atoms with E-state index in [1.54, 1.807) is 0 Å². The molecule has 0 unspecified atom stereocenters. The first-order valence-electron chi connectivity index (χ1n) is 11.5. The van der Waals surface area contributed by atoms with Gasteiger partial charge in [0.25, 0.3) is 0 Å². The van der Waals surface area contributed by atoms with Crippen LogP contribution in [0.25, 0.3) is 0 Å². The largest absolute Gasteiger partial charge is 0.377 e. The third-order valence-electron chi connectivity index (χ3n) is 4.94. The number of unbranched alkanes of at least 4 members (excludes halogenated alkanes) is 8. The van der Waals surface area contributed by atoms with E-state index in [2.05, 4.69) is 57.3 Å². The zero-order chi connectivity index (χ0) is 19.7. The Hall–Kier alpha value is -0.860. The molecule has 1 rings (SSSR count). The summed E-state index contributed by atoms with van der Waals surface area (Å²) >= 11 is 0. The van der Waals surface area contributed by atoms with Gasteiger partial charge >= 0.3 is 0 Å². The van der Waals surface area contributed by atoms with E-state index < -0.39 is 0 Å². The average molecular weight is 376 g/mol. The summed E-state index contributed by atoms with van der Waals surface area (Å²) in [6.07, 6.45) is 13.7. The average Bonchev–Trinajstić information content (AvgIpc) is 2.63. The number of nitrogens with one attached hydrogen (secondary N) is 1. The maximum absolute atomic E-state index is 5.70. The highest BCUT2D eigenvalue weighted by molar-refractivity contribution is 5.22. The van der Waals surface area contributed by atoms with Crippen molar-refractivity contribution in [2.45, 2.75) is 105 Å². The normalized spacial score (nSPS) is 11.6. The molecule has 27 heavy (non-hydrogen) atoms. The van der Waals surface area contributed by atoms with E-state index in [0.29, 0.717) is 12.0 Å². The van der Waals surface area contributed by atoms with Gasteiger partial charge in [0, 0.05) is 12.6 Å². The van der Waals surface area contributed by atoms with Crippen LogP contribution < -0.4 is 5.32 Å². The maximum atomic E-state index is 5.70. The molecule has 0 saturated heterocycles. The summed E-state index contributed by atoms with van der Waals surface area (Å²) < 4.78 is 5.70. The molecule has 156 valence electrons. The summed E-state index contributed by atoms with van der Waals surface area (Å²) in [5.41, 5.74) is 2.76. The first-order valence-corrected chi connectivity index (χ1v) is 11.5. The molecular formula is C25H45NO. The Morgan fingerprint density at radius 1 is 0.704 bits per heavy atom. The van der Waals surface area contributed by atoms with Crippen LogP contribution in [0.15, 0.2) is 24.3 Å². The lowest BCUT2D eigenvalue weighted by molar-refractivity contribution is 0.0971. The van der Waals surface area contributed by atoms with E-state index in [9.17, 15) is 0 Å². The monoisotopic (exact) mass is 375 g/mol. The lowest BCUT2D eigenvalue weighted by atomic mass is 10.0. The van der Waals surface area contributed by atoms with Crippen molar-refractivity contribution >= 4 is 0 Å². The Morgan fingerprint density at radius 2 is 1.22 bits per heavy atom. The van der Waals surface area contributed by atoms with Crippen molar-refractivity contribution in [3.63, 3.8) is 0 Å². The number of benzene rings is 1. The van der Waals surface area contributed by atoms with Gasteiger partial charge in [0.1, 0.15) is 0 Å². The van der Waals surface area contributed by atoms with Crippen molar-refractivity contribution in [1.82, 2.24) is 5.32 Å². The van der Waals surface area contributed by atoms with Crippen LogP contribution in [0.4, 0.5) is 0 Å². The number of aryl methyl sites for hydroxylation is 1. The number of ether oxygens (including phenoxy) is 1.